The van der Waals surface area contributed by atoms with Crippen LogP contribution in [0, 0.1) is 17.3 Å². The molecular formula is C12H21N3O2. The van der Waals surface area contributed by atoms with Gasteiger partial charge in [0.05, 0.1) is 0 Å². The molecule has 4 N–H and O–H groups in total. The summed E-state index contributed by atoms with van der Waals surface area (Å²) in [5.41, 5.74) is 5.79. The van der Waals surface area contributed by atoms with Crippen LogP contribution in [0.15, 0.2) is 5.16 Å². The third-order valence-electron chi connectivity index (χ3n) is 4.17. The number of nitrogens with two attached hydrogens (primary N) is 1. The van der Waals surface area contributed by atoms with Gasteiger partial charge in [-0.3, -0.25) is 4.79 Å². The van der Waals surface area contributed by atoms with Gasteiger partial charge in [0, 0.05) is 17.9 Å². The minimum Gasteiger partial charge on any atom is -0.409 e. The van der Waals surface area contributed by atoms with Gasteiger partial charge >= 0.3 is 0 Å². The molecule has 0 spiro atoms. The van der Waals surface area contributed by atoms with Crippen LogP contribution < -0.4 is 11.1 Å². The highest BCUT2D eigenvalue weighted by Gasteiger charge is 2.51. The van der Waals surface area contributed by atoms with Crippen LogP contribution in [-0.2, 0) is 4.79 Å². The van der Waals surface area contributed by atoms with Gasteiger partial charge in [-0.1, -0.05) is 25.4 Å². The molecule has 0 bridgehead atoms. The summed E-state index contributed by atoms with van der Waals surface area (Å²) in [6.07, 6.45) is 3.77. The Hall–Kier alpha value is -1.26. The Morgan fingerprint density at radius 3 is 2.65 bits per heavy atom. The molecule has 5 heteroatoms. The number of nitrogens with zero attached hydrogens (tertiary/aromatic N) is 1. The Bertz CT molecular complexity index is 352. The number of carbonyl (C=O) groups excluding carboxylic acids is 1. The first-order valence-electron chi connectivity index (χ1n) is 6.23. The van der Waals surface area contributed by atoms with Crippen LogP contribution in [-0.4, -0.2) is 23.0 Å². The first-order chi connectivity index (χ1) is 7.95. The van der Waals surface area contributed by atoms with E-state index in [0.717, 1.165) is 25.7 Å². The predicted molar refractivity (Wildman–Crippen MR) is 64.6 cm³/mol. The van der Waals surface area contributed by atoms with Gasteiger partial charge in [-0.15, -0.1) is 0 Å². The molecule has 17 heavy (non-hydrogen) atoms. The minimum atomic E-state index is -0.00851. The minimum absolute atomic E-state index is 0.00851. The molecule has 96 valence electrons. The van der Waals surface area contributed by atoms with Crippen molar-refractivity contribution in [2.45, 2.75) is 45.6 Å². The Morgan fingerprint density at radius 2 is 2.12 bits per heavy atom. The predicted octanol–water partition coefficient (Wildman–Crippen LogP) is 1.06. The van der Waals surface area contributed by atoms with Crippen molar-refractivity contribution in [2.24, 2.45) is 28.1 Å². The highest BCUT2D eigenvalue weighted by molar-refractivity contribution is 5.86. The highest BCUT2D eigenvalue weighted by atomic mass is 16.4. The molecule has 1 amide bonds. The molecule has 0 aromatic rings. The summed E-state index contributed by atoms with van der Waals surface area (Å²) in [7, 11) is 0. The normalized spacial score (nSPS) is 35.6. The monoisotopic (exact) mass is 239 g/mol. The number of carbonyl (C=O) groups is 1. The quantitative estimate of drug-likeness (QED) is 0.298. The van der Waals surface area contributed by atoms with Gasteiger partial charge < -0.3 is 16.3 Å². The molecule has 0 saturated heterocycles. The molecule has 2 saturated carbocycles. The Morgan fingerprint density at radius 1 is 1.47 bits per heavy atom. The third-order valence-corrected chi connectivity index (χ3v) is 4.17. The lowest BCUT2D eigenvalue weighted by Gasteiger charge is -2.20. The summed E-state index contributed by atoms with van der Waals surface area (Å²) in [6.45, 7) is 4.21. The Labute approximate surface area is 101 Å². The van der Waals surface area contributed by atoms with E-state index < -0.39 is 0 Å². The smallest absolute Gasteiger partial charge is 0.223 e. The van der Waals surface area contributed by atoms with Crippen LogP contribution in [0.2, 0.25) is 0 Å². The molecule has 0 radical (unpaired) electrons. The van der Waals surface area contributed by atoms with Crippen molar-refractivity contribution in [1.29, 1.82) is 0 Å². The lowest BCUT2D eigenvalue weighted by Crippen LogP contribution is -2.43. The van der Waals surface area contributed by atoms with Crippen LogP contribution in [0.25, 0.3) is 0 Å². The van der Waals surface area contributed by atoms with Crippen molar-refractivity contribution in [2.75, 3.05) is 0 Å². The number of rotatable bonds is 3. The fraction of sp³-hybridized carbons (Fsp3) is 0.833. The number of amidine groups is 1. The maximum Gasteiger partial charge on any atom is 0.223 e. The van der Waals surface area contributed by atoms with Crippen molar-refractivity contribution in [1.82, 2.24) is 5.32 Å². The van der Waals surface area contributed by atoms with Crippen LogP contribution in [0.4, 0.5) is 0 Å². The molecule has 2 rings (SSSR count). The maximum absolute atomic E-state index is 12.0. The van der Waals surface area contributed by atoms with E-state index in [1.54, 1.807) is 0 Å². The summed E-state index contributed by atoms with van der Waals surface area (Å²) in [5.74, 6) is 0.488. The molecule has 0 aromatic carbocycles. The van der Waals surface area contributed by atoms with E-state index in [1.165, 1.54) is 0 Å². The van der Waals surface area contributed by atoms with E-state index in [0.29, 0.717) is 0 Å². The summed E-state index contributed by atoms with van der Waals surface area (Å²) >= 11 is 0. The summed E-state index contributed by atoms with van der Waals surface area (Å²) in [4.78, 5) is 12.0. The zero-order valence-electron chi connectivity index (χ0n) is 10.4. The third kappa shape index (κ3) is 2.37. The van der Waals surface area contributed by atoms with E-state index in [2.05, 4.69) is 24.3 Å². The first kappa shape index (κ1) is 12.2. The number of oxime groups is 1. The van der Waals surface area contributed by atoms with Crippen molar-refractivity contribution in [3.63, 3.8) is 0 Å². The molecule has 0 aromatic heterocycles. The molecule has 2 aliphatic rings. The average molecular weight is 239 g/mol. The molecule has 2 aliphatic carbocycles. The highest BCUT2D eigenvalue weighted by Crippen LogP contribution is 2.51. The number of nitrogens with one attached hydrogen (secondary N) is 1. The standard InChI is InChI=1S/C12H21N3O2/c1-12(2)6-8(12)11(16)14-9-5-3-4-7(9)10(13)15-17/h7-9,17H,3-6H2,1-2H3,(H2,13,15)(H,14,16). The van der Waals surface area contributed by atoms with E-state index in [4.69, 9.17) is 10.9 Å². The van der Waals surface area contributed by atoms with Gasteiger partial charge in [0.1, 0.15) is 5.84 Å². The second-order valence-electron chi connectivity index (χ2n) is 5.92. The van der Waals surface area contributed by atoms with Gasteiger partial charge in [-0.25, -0.2) is 0 Å². The molecular weight excluding hydrogens is 218 g/mol. The van der Waals surface area contributed by atoms with Crippen LogP contribution >= 0.6 is 0 Å². The number of amides is 1. The SMILES string of the molecule is CC1(C)CC1C(=O)NC1CCCC1C(N)=NO. The molecule has 3 atom stereocenters. The lowest BCUT2D eigenvalue weighted by molar-refractivity contribution is -0.123. The lowest BCUT2D eigenvalue weighted by atomic mass is 10.0. The van der Waals surface area contributed by atoms with E-state index in [1.807, 2.05) is 0 Å². The number of hydrogen-bond acceptors (Lipinski definition) is 3. The van der Waals surface area contributed by atoms with Crippen molar-refractivity contribution < 1.29 is 10.0 Å². The largest absolute Gasteiger partial charge is 0.409 e. The zero-order valence-corrected chi connectivity index (χ0v) is 10.4. The summed E-state index contributed by atoms with van der Waals surface area (Å²) in [5, 5.41) is 14.8. The van der Waals surface area contributed by atoms with Crippen LogP contribution in [0.3, 0.4) is 0 Å². The van der Waals surface area contributed by atoms with E-state index in [9.17, 15) is 4.79 Å². The van der Waals surface area contributed by atoms with Crippen molar-refractivity contribution >= 4 is 11.7 Å². The van der Waals surface area contributed by atoms with Crippen molar-refractivity contribution in [3.8, 4) is 0 Å². The molecule has 0 heterocycles. The Kier molecular flexibility index (Phi) is 3.02. The summed E-state index contributed by atoms with van der Waals surface area (Å²) < 4.78 is 0. The number of hydrogen-bond donors (Lipinski definition) is 3. The zero-order chi connectivity index (χ0) is 12.6. The van der Waals surface area contributed by atoms with Crippen LogP contribution in [0.5, 0.6) is 0 Å². The van der Waals surface area contributed by atoms with E-state index >= 15 is 0 Å². The van der Waals surface area contributed by atoms with Crippen LogP contribution in [0.1, 0.15) is 39.5 Å². The summed E-state index contributed by atoms with van der Waals surface area (Å²) in [6, 6.07) is 0.0369. The molecule has 3 unspecified atom stereocenters. The van der Waals surface area contributed by atoms with Gasteiger partial charge in [0.15, 0.2) is 0 Å². The molecule has 2 fully saturated rings. The molecule has 0 aliphatic heterocycles. The van der Waals surface area contributed by atoms with Gasteiger partial charge in [0.25, 0.3) is 0 Å². The van der Waals surface area contributed by atoms with Gasteiger partial charge in [-0.05, 0) is 24.7 Å². The first-order valence-corrected chi connectivity index (χ1v) is 6.23. The van der Waals surface area contributed by atoms with Gasteiger partial charge in [-0.2, -0.15) is 0 Å². The van der Waals surface area contributed by atoms with E-state index in [-0.39, 0.29) is 35.0 Å². The fourth-order valence-electron chi connectivity index (χ4n) is 2.76. The molecule has 5 nitrogen and oxygen atoms in total. The second kappa shape index (κ2) is 4.20. The second-order valence-corrected chi connectivity index (χ2v) is 5.92. The Balaban J connectivity index is 1.92. The fourth-order valence-corrected chi connectivity index (χ4v) is 2.76. The topological polar surface area (TPSA) is 87.7 Å². The van der Waals surface area contributed by atoms with Crippen molar-refractivity contribution in [3.05, 3.63) is 0 Å². The average Bonchev–Trinajstić information content (AvgIpc) is 2.72. The maximum atomic E-state index is 12.0. The van der Waals surface area contributed by atoms with Gasteiger partial charge in [0.2, 0.25) is 5.91 Å².